The smallest absolute Gasteiger partial charge is 0.258 e. The Balaban J connectivity index is 1.71. The van der Waals surface area contributed by atoms with Crippen LogP contribution in [0.5, 0.6) is 0 Å². The number of nitrogens with zero attached hydrogens (tertiary/aromatic N) is 2. The number of rotatable bonds is 4. The quantitative estimate of drug-likeness (QED) is 0.404. The van der Waals surface area contributed by atoms with Gasteiger partial charge in [-0.1, -0.05) is 36.0 Å². The van der Waals surface area contributed by atoms with E-state index < -0.39 is 0 Å². The van der Waals surface area contributed by atoms with Crippen molar-refractivity contribution >= 4 is 39.0 Å². The van der Waals surface area contributed by atoms with E-state index >= 15 is 0 Å². The van der Waals surface area contributed by atoms with Crippen molar-refractivity contribution in [3.05, 3.63) is 64.2 Å². The second-order valence-corrected chi connectivity index (χ2v) is 6.41. The predicted molar refractivity (Wildman–Crippen MR) is 82.3 cm³/mol. The molecule has 0 spiro atoms. The van der Waals surface area contributed by atoms with E-state index in [0.29, 0.717) is 0 Å². The molecular weight excluding hydrogens is 292 g/mol. The van der Waals surface area contributed by atoms with Crippen LogP contribution in [0.2, 0.25) is 0 Å². The van der Waals surface area contributed by atoms with Crippen LogP contribution in [0, 0.1) is 10.1 Å². The number of fused-ring (bicyclic) bond motifs is 1. The minimum absolute atomic E-state index is 0.124. The first kappa shape index (κ1) is 13.1. The van der Waals surface area contributed by atoms with Crippen molar-refractivity contribution in [1.82, 2.24) is 4.98 Å². The average molecular weight is 302 g/mol. The standard InChI is InChI=1S/C14H10N2O2S2/c17-16(18)11-7-5-10(6-8-11)9-19-14-15-12-3-1-2-4-13(12)20-14/h1-8H,9H2. The zero-order valence-electron chi connectivity index (χ0n) is 10.4. The van der Waals surface area contributed by atoms with E-state index in [1.807, 2.05) is 18.2 Å². The zero-order chi connectivity index (χ0) is 13.9. The SMILES string of the molecule is O=[N+]([O-])c1ccc(CSc2nc3ccccc3s2)cc1. The molecule has 3 aromatic rings. The second kappa shape index (κ2) is 5.60. The van der Waals surface area contributed by atoms with Crippen LogP contribution in [0.1, 0.15) is 5.56 Å². The lowest BCUT2D eigenvalue weighted by atomic mass is 10.2. The highest BCUT2D eigenvalue weighted by atomic mass is 32.2. The fraction of sp³-hybridized carbons (Fsp3) is 0.0714. The molecule has 0 amide bonds. The number of para-hydroxylation sites is 1. The van der Waals surface area contributed by atoms with Crippen LogP contribution >= 0.6 is 23.1 Å². The van der Waals surface area contributed by atoms with Crippen LogP contribution in [0.3, 0.4) is 0 Å². The zero-order valence-corrected chi connectivity index (χ0v) is 12.0. The molecule has 0 fully saturated rings. The summed E-state index contributed by atoms with van der Waals surface area (Å²) in [5.74, 6) is 0.762. The average Bonchev–Trinajstić information content (AvgIpc) is 2.88. The van der Waals surface area contributed by atoms with Gasteiger partial charge in [-0.3, -0.25) is 10.1 Å². The first-order valence-corrected chi connectivity index (χ1v) is 7.74. The van der Waals surface area contributed by atoms with Gasteiger partial charge >= 0.3 is 0 Å². The minimum atomic E-state index is -0.384. The number of nitro groups is 1. The van der Waals surface area contributed by atoms with E-state index in [1.165, 1.54) is 16.8 Å². The molecule has 1 heterocycles. The van der Waals surface area contributed by atoms with Crippen molar-refractivity contribution in [3.63, 3.8) is 0 Å². The highest BCUT2D eigenvalue weighted by Gasteiger charge is 2.06. The number of hydrogen-bond acceptors (Lipinski definition) is 5. The molecule has 0 aliphatic rings. The summed E-state index contributed by atoms with van der Waals surface area (Å²) in [6.07, 6.45) is 0. The minimum Gasteiger partial charge on any atom is -0.258 e. The first-order chi connectivity index (χ1) is 9.72. The van der Waals surface area contributed by atoms with Gasteiger partial charge in [0.2, 0.25) is 0 Å². The van der Waals surface area contributed by atoms with Gasteiger partial charge in [-0.15, -0.1) is 11.3 Å². The Morgan fingerprint density at radius 1 is 1.15 bits per heavy atom. The van der Waals surface area contributed by atoms with Gasteiger partial charge in [0.25, 0.3) is 5.69 Å². The molecule has 0 radical (unpaired) electrons. The Kier molecular flexibility index (Phi) is 3.66. The molecular formula is C14H10N2O2S2. The monoisotopic (exact) mass is 302 g/mol. The molecule has 0 bridgehead atoms. The Bertz CT molecular complexity index is 720. The van der Waals surface area contributed by atoms with Gasteiger partial charge in [-0.25, -0.2) is 4.98 Å². The third-order valence-electron chi connectivity index (χ3n) is 2.78. The lowest BCUT2D eigenvalue weighted by Crippen LogP contribution is -1.88. The molecule has 6 heteroatoms. The Hall–Kier alpha value is -1.92. The summed E-state index contributed by atoms with van der Waals surface area (Å²) in [4.78, 5) is 14.7. The first-order valence-electron chi connectivity index (χ1n) is 5.94. The molecule has 3 rings (SSSR count). The summed E-state index contributed by atoms with van der Waals surface area (Å²) in [7, 11) is 0. The summed E-state index contributed by atoms with van der Waals surface area (Å²) >= 11 is 3.32. The number of aromatic nitrogens is 1. The van der Waals surface area contributed by atoms with Gasteiger partial charge < -0.3 is 0 Å². The number of thioether (sulfide) groups is 1. The highest BCUT2D eigenvalue weighted by molar-refractivity contribution is 8.00. The Labute approximate surface area is 123 Å². The van der Waals surface area contributed by atoms with Gasteiger partial charge in [-0.05, 0) is 17.7 Å². The molecule has 0 unspecified atom stereocenters. The van der Waals surface area contributed by atoms with E-state index in [0.717, 1.165) is 21.2 Å². The summed E-state index contributed by atoms with van der Waals surface area (Å²) < 4.78 is 2.20. The van der Waals surface area contributed by atoms with Crippen LogP contribution < -0.4 is 0 Å². The fourth-order valence-corrected chi connectivity index (χ4v) is 3.80. The van der Waals surface area contributed by atoms with Gasteiger partial charge in [0.05, 0.1) is 15.1 Å². The number of nitro benzene ring substituents is 1. The van der Waals surface area contributed by atoms with Gasteiger partial charge in [0, 0.05) is 17.9 Å². The van der Waals surface area contributed by atoms with Crippen LogP contribution in [0.4, 0.5) is 5.69 Å². The molecule has 4 nitrogen and oxygen atoms in total. The van der Waals surface area contributed by atoms with Crippen molar-refractivity contribution < 1.29 is 4.92 Å². The van der Waals surface area contributed by atoms with Gasteiger partial charge in [-0.2, -0.15) is 0 Å². The van der Waals surface area contributed by atoms with Crippen LogP contribution in [0.15, 0.2) is 52.9 Å². The van der Waals surface area contributed by atoms with Crippen molar-refractivity contribution in [1.29, 1.82) is 0 Å². The molecule has 20 heavy (non-hydrogen) atoms. The molecule has 0 aliphatic carbocycles. The molecule has 0 N–H and O–H groups in total. The predicted octanol–water partition coefficient (Wildman–Crippen LogP) is 4.50. The van der Waals surface area contributed by atoms with E-state index in [9.17, 15) is 10.1 Å². The van der Waals surface area contributed by atoms with Gasteiger partial charge in [0.15, 0.2) is 4.34 Å². The van der Waals surface area contributed by atoms with Crippen LogP contribution in [0.25, 0.3) is 10.2 Å². The number of hydrogen-bond donors (Lipinski definition) is 0. The Morgan fingerprint density at radius 3 is 2.60 bits per heavy atom. The normalized spacial score (nSPS) is 10.8. The largest absolute Gasteiger partial charge is 0.269 e. The topological polar surface area (TPSA) is 56.0 Å². The van der Waals surface area contributed by atoms with Crippen LogP contribution in [-0.2, 0) is 5.75 Å². The summed E-state index contributed by atoms with van der Waals surface area (Å²) in [6.45, 7) is 0. The molecule has 0 saturated heterocycles. The lowest BCUT2D eigenvalue weighted by Gasteiger charge is -1.98. The van der Waals surface area contributed by atoms with E-state index in [-0.39, 0.29) is 10.6 Å². The fourth-order valence-electron chi connectivity index (χ4n) is 1.77. The summed E-state index contributed by atoms with van der Waals surface area (Å²) in [5, 5.41) is 10.6. The molecule has 1 aromatic heterocycles. The summed E-state index contributed by atoms with van der Waals surface area (Å²) in [6, 6.07) is 14.7. The number of non-ortho nitro benzene ring substituents is 1. The van der Waals surface area contributed by atoms with Crippen LogP contribution in [-0.4, -0.2) is 9.91 Å². The number of benzene rings is 2. The Morgan fingerprint density at radius 2 is 1.90 bits per heavy atom. The molecule has 2 aromatic carbocycles. The van der Waals surface area contributed by atoms with Crippen molar-refractivity contribution in [2.45, 2.75) is 10.1 Å². The van der Waals surface area contributed by atoms with Crippen molar-refractivity contribution in [3.8, 4) is 0 Å². The molecule has 0 atom stereocenters. The maximum absolute atomic E-state index is 10.6. The molecule has 0 saturated carbocycles. The van der Waals surface area contributed by atoms with E-state index in [2.05, 4.69) is 11.1 Å². The van der Waals surface area contributed by atoms with Gasteiger partial charge in [0.1, 0.15) is 0 Å². The highest BCUT2D eigenvalue weighted by Crippen LogP contribution is 2.31. The lowest BCUT2D eigenvalue weighted by molar-refractivity contribution is -0.384. The maximum Gasteiger partial charge on any atom is 0.269 e. The van der Waals surface area contributed by atoms with Crippen molar-refractivity contribution in [2.75, 3.05) is 0 Å². The second-order valence-electron chi connectivity index (χ2n) is 4.16. The maximum atomic E-state index is 10.6. The number of thiazole rings is 1. The summed E-state index contributed by atoms with van der Waals surface area (Å²) in [5.41, 5.74) is 2.20. The van der Waals surface area contributed by atoms with Crippen molar-refractivity contribution in [2.24, 2.45) is 0 Å². The molecule has 100 valence electrons. The van der Waals surface area contributed by atoms with E-state index in [1.54, 1.807) is 35.2 Å². The third kappa shape index (κ3) is 2.81. The third-order valence-corrected chi connectivity index (χ3v) is 5.03. The molecule has 0 aliphatic heterocycles. The van der Waals surface area contributed by atoms with E-state index in [4.69, 9.17) is 0 Å².